The number of sulfonamides is 1. The Hall–Kier alpha value is -4.48. The van der Waals surface area contributed by atoms with Gasteiger partial charge in [0.1, 0.15) is 42.2 Å². The summed E-state index contributed by atoms with van der Waals surface area (Å²) in [6.45, 7) is 19.3. The van der Waals surface area contributed by atoms with Gasteiger partial charge in [0.15, 0.2) is 0 Å². The van der Waals surface area contributed by atoms with E-state index in [1.807, 2.05) is 20.8 Å². The summed E-state index contributed by atoms with van der Waals surface area (Å²) in [6.07, 6.45) is 5.82. The molecule has 16 nitrogen and oxygen atoms in total. The molecule has 2 saturated heterocycles. The SMILES string of the molecule is C=C[C@@H]1C[C@]1(NC(=O)[C@@H]1C[C@@H]2CN1C(=O)[C@H](C(C)(C)C)NC(=O)O[C@@H]1C[C@H]1CCCCCc1c(nc3cc(C(C)C)ccc3c1OCCN1CCOCC1)O2)C(=O)NS(=O)(=O)C1(C)CC1. The number of hydrogen-bond acceptors (Lipinski definition) is 12. The van der Waals surface area contributed by atoms with Gasteiger partial charge in [0.05, 0.1) is 35.6 Å². The standard InChI is InChI=1S/C48H68N6O10S/c1-8-32-27-48(32,44(57)52-65(59,60)47(7)16-17-47)51-41(55)37-26-33-28-54(37)43(56)40(46(4,5)6)50-45(58)64-38-25-31(38)12-10-9-11-13-35-39(62-23-20-53-18-21-61-22-19-53)34-15-14-30(29(2)3)24-36(34)49-42(35)63-33/h8,14-15,24,29,31-33,37-38,40H,1,9-13,16-23,25-28H2,2-7H3,(H,50,58)(H,51,55)(H,52,57)/t31-,32-,33-,37+,38-,40-,48-/m1/s1. The van der Waals surface area contributed by atoms with Crippen molar-refractivity contribution in [3.8, 4) is 11.6 Å². The van der Waals surface area contributed by atoms with Gasteiger partial charge in [-0.15, -0.1) is 6.58 Å². The Morgan fingerprint density at radius 2 is 1.85 bits per heavy atom. The molecule has 2 bridgehead atoms. The summed E-state index contributed by atoms with van der Waals surface area (Å²) in [7, 11) is -4.02. The highest BCUT2D eigenvalue weighted by atomic mass is 32.2. The fourth-order valence-corrected chi connectivity index (χ4v) is 10.8. The monoisotopic (exact) mass is 920 g/mol. The molecule has 65 heavy (non-hydrogen) atoms. The summed E-state index contributed by atoms with van der Waals surface area (Å²) in [6, 6.07) is 3.99. The number of aromatic nitrogens is 1. The van der Waals surface area contributed by atoms with Crippen LogP contribution >= 0.6 is 0 Å². The maximum absolute atomic E-state index is 15.0. The zero-order valence-corrected chi connectivity index (χ0v) is 39.7. The maximum Gasteiger partial charge on any atom is 0.408 e. The number of carbonyl (C=O) groups excluding carboxylic acids is 4. The van der Waals surface area contributed by atoms with E-state index in [0.717, 1.165) is 68.3 Å². The molecular weight excluding hydrogens is 853 g/mol. The molecule has 4 heterocycles. The Kier molecular flexibility index (Phi) is 13.2. The largest absolute Gasteiger partial charge is 0.491 e. The molecule has 2 aromatic rings. The average Bonchev–Trinajstić information content (AvgIpc) is 4.22. The number of carbonyl (C=O) groups is 4. The van der Waals surface area contributed by atoms with Crippen LogP contribution in [-0.2, 0) is 40.3 Å². The lowest BCUT2D eigenvalue weighted by atomic mass is 9.85. The predicted octanol–water partition coefficient (Wildman–Crippen LogP) is 5.12. The zero-order chi connectivity index (χ0) is 46.5. The van der Waals surface area contributed by atoms with Gasteiger partial charge >= 0.3 is 6.09 Å². The smallest absolute Gasteiger partial charge is 0.408 e. The van der Waals surface area contributed by atoms with Crippen LogP contribution in [0.4, 0.5) is 4.79 Å². The molecule has 3 N–H and O–H groups in total. The Morgan fingerprint density at radius 1 is 1.09 bits per heavy atom. The van der Waals surface area contributed by atoms with E-state index in [9.17, 15) is 27.6 Å². The quantitative estimate of drug-likeness (QED) is 0.252. The molecule has 0 spiro atoms. The number of nitrogens with zero attached hydrogens (tertiary/aromatic N) is 3. The van der Waals surface area contributed by atoms with E-state index in [-0.39, 0.29) is 37.3 Å². The fraction of sp³-hybridized carbons (Fsp3) is 0.688. The number of rotatable bonds is 11. The van der Waals surface area contributed by atoms with E-state index in [0.29, 0.717) is 56.2 Å². The second-order valence-corrected chi connectivity index (χ2v) is 23.0. The molecule has 3 aliphatic carbocycles. The lowest BCUT2D eigenvalue weighted by Gasteiger charge is -2.35. The zero-order valence-electron chi connectivity index (χ0n) is 38.9. The summed E-state index contributed by atoms with van der Waals surface area (Å²) in [5.41, 5.74) is 0.238. The first-order chi connectivity index (χ1) is 30.8. The van der Waals surface area contributed by atoms with Gasteiger partial charge in [-0.2, -0.15) is 0 Å². The van der Waals surface area contributed by atoms with Crippen molar-refractivity contribution >= 4 is 44.7 Å². The second kappa shape index (κ2) is 18.3. The second-order valence-electron chi connectivity index (χ2n) is 20.8. The number of benzene rings is 1. The van der Waals surface area contributed by atoms with Crippen molar-refractivity contribution in [1.82, 2.24) is 30.1 Å². The summed E-state index contributed by atoms with van der Waals surface area (Å²) in [5, 5.41) is 6.61. The summed E-state index contributed by atoms with van der Waals surface area (Å²) in [5.74, 6) is -0.998. The molecule has 1 aromatic carbocycles. The predicted molar refractivity (Wildman–Crippen MR) is 244 cm³/mol. The third kappa shape index (κ3) is 10.1. The van der Waals surface area contributed by atoms with Crippen LogP contribution in [0.5, 0.6) is 11.6 Å². The first-order valence-corrected chi connectivity index (χ1v) is 25.2. The van der Waals surface area contributed by atoms with Crippen LogP contribution in [0.2, 0.25) is 0 Å². The minimum atomic E-state index is -4.02. The number of fused-ring (bicyclic) bond motifs is 5. The summed E-state index contributed by atoms with van der Waals surface area (Å²) in [4.78, 5) is 65.9. The van der Waals surface area contributed by atoms with Gasteiger partial charge < -0.3 is 34.5 Å². The van der Waals surface area contributed by atoms with E-state index in [2.05, 4.69) is 58.9 Å². The Labute approximate surface area is 383 Å². The van der Waals surface area contributed by atoms with E-state index < -0.39 is 73.6 Å². The van der Waals surface area contributed by atoms with Crippen LogP contribution in [0.15, 0.2) is 30.9 Å². The van der Waals surface area contributed by atoms with Crippen molar-refractivity contribution in [2.45, 2.75) is 146 Å². The lowest BCUT2D eigenvalue weighted by Crippen LogP contribution is -2.60. The first-order valence-electron chi connectivity index (χ1n) is 23.7. The molecule has 0 unspecified atom stereocenters. The van der Waals surface area contributed by atoms with Crippen molar-refractivity contribution in [3.05, 3.63) is 42.0 Å². The van der Waals surface area contributed by atoms with Crippen LogP contribution in [0, 0.1) is 17.3 Å². The molecule has 8 rings (SSSR count). The first kappa shape index (κ1) is 47.0. The molecule has 0 radical (unpaired) electrons. The molecular formula is C48H68N6O10S. The van der Waals surface area contributed by atoms with E-state index in [4.69, 9.17) is 23.9 Å². The van der Waals surface area contributed by atoms with Gasteiger partial charge in [0, 0.05) is 37.4 Å². The number of pyridine rings is 1. The number of hydrogen-bond donors (Lipinski definition) is 3. The van der Waals surface area contributed by atoms with E-state index in [1.54, 1.807) is 6.92 Å². The van der Waals surface area contributed by atoms with Crippen molar-refractivity contribution in [3.63, 3.8) is 0 Å². The molecule has 4 amide bonds. The number of amides is 4. The van der Waals surface area contributed by atoms with Crippen molar-refractivity contribution in [2.24, 2.45) is 17.3 Å². The van der Waals surface area contributed by atoms with Crippen LogP contribution in [0.1, 0.15) is 116 Å². The van der Waals surface area contributed by atoms with Gasteiger partial charge in [0.2, 0.25) is 27.7 Å². The molecule has 3 aliphatic heterocycles. The lowest BCUT2D eigenvalue weighted by molar-refractivity contribution is -0.142. The number of nitrogens with one attached hydrogen (secondary N) is 3. The van der Waals surface area contributed by atoms with Crippen molar-refractivity contribution < 1.29 is 46.5 Å². The maximum atomic E-state index is 15.0. The number of morpholine rings is 1. The van der Waals surface area contributed by atoms with E-state index >= 15 is 0 Å². The van der Waals surface area contributed by atoms with Crippen LogP contribution < -0.4 is 24.8 Å². The van der Waals surface area contributed by atoms with Crippen LogP contribution in [0.3, 0.4) is 0 Å². The third-order valence-corrected chi connectivity index (χ3v) is 16.6. The molecule has 3 saturated carbocycles. The number of ether oxygens (including phenoxy) is 4. The highest BCUT2D eigenvalue weighted by Crippen LogP contribution is 2.48. The topological polar surface area (TPSA) is 195 Å². The normalized spacial score (nSPS) is 29.5. The Morgan fingerprint density at radius 3 is 2.52 bits per heavy atom. The summed E-state index contributed by atoms with van der Waals surface area (Å²) < 4.78 is 52.8. The molecule has 5 fully saturated rings. The highest BCUT2D eigenvalue weighted by Gasteiger charge is 2.63. The Balaban J connectivity index is 1.15. The summed E-state index contributed by atoms with van der Waals surface area (Å²) >= 11 is 0. The average molecular weight is 921 g/mol. The molecule has 17 heteroatoms. The fourth-order valence-electron chi connectivity index (χ4n) is 9.52. The highest BCUT2D eigenvalue weighted by molar-refractivity contribution is 7.91. The van der Waals surface area contributed by atoms with Gasteiger partial charge in [-0.3, -0.25) is 24.0 Å². The Bertz CT molecular complexity index is 2290. The van der Waals surface area contributed by atoms with Crippen LogP contribution in [-0.4, -0.2) is 128 Å². The van der Waals surface area contributed by atoms with Gasteiger partial charge in [0.25, 0.3) is 5.91 Å². The van der Waals surface area contributed by atoms with Crippen LogP contribution in [0.25, 0.3) is 10.9 Å². The van der Waals surface area contributed by atoms with Crippen molar-refractivity contribution in [2.75, 3.05) is 46.0 Å². The third-order valence-electron chi connectivity index (χ3n) is 14.4. The van der Waals surface area contributed by atoms with Gasteiger partial charge in [-0.25, -0.2) is 18.2 Å². The molecule has 356 valence electrons. The minimum Gasteiger partial charge on any atom is -0.491 e. The number of alkyl carbamates (subject to hydrolysis) is 1. The van der Waals surface area contributed by atoms with Gasteiger partial charge in [-0.05, 0) is 86.8 Å². The van der Waals surface area contributed by atoms with Crippen molar-refractivity contribution in [1.29, 1.82) is 0 Å². The molecule has 6 aliphatic rings. The molecule has 7 atom stereocenters. The molecule has 1 aromatic heterocycles. The van der Waals surface area contributed by atoms with E-state index in [1.165, 1.54) is 11.0 Å². The van der Waals surface area contributed by atoms with Gasteiger partial charge in [-0.1, -0.05) is 59.6 Å². The minimum absolute atomic E-state index is 0.0217.